The number of hydrogen-bond donors (Lipinski definition) is 0. The molecule has 0 aromatic heterocycles. The number of benzene rings is 1. The van der Waals surface area contributed by atoms with E-state index in [0.29, 0.717) is 5.19 Å². The van der Waals surface area contributed by atoms with Gasteiger partial charge in [-0.3, -0.25) is 0 Å². The summed E-state index contributed by atoms with van der Waals surface area (Å²) < 4.78 is 37.7. The molecule has 0 unspecified atom stereocenters. The lowest BCUT2D eigenvalue weighted by atomic mass is 10.4. The van der Waals surface area contributed by atoms with Gasteiger partial charge >= 0.3 is 5.80 Å². The van der Waals surface area contributed by atoms with Crippen LogP contribution < -0.4 is 5.19 Å². The summed E-state index contributed by atoms with van der Waals surface area (Å²) in [4.78, 5) is 0. The molecule has 0 aliphatic carbocycles. The topological polar surface area (TPSA) is 0 Å². The van der Waals surface area contributed by atoms with E-state index in [1.165, 1.54) is 13.1 Å². The minimum atomic E-state index is -4.06. The summed E-state index contributed by atoms with van der Waals surface area (Å²) in [6.07, 6.45) is 0. The molecular weight excluding hydrogens is 193 g/mol. The van der Waals surface area contributed by atoms with Crippen LogP contribution in [0.15, 0.2) is 30.3 Å². The molecule has 1 aromatic rings. The molecule has 0 radical (unpaired) electrons. The van der Waals surface area contributed by atoms with Crippen molar-refractivity contribution in [1.82, 2.24) is 0 Å². The number of hydrogen-bond acceptors (Lipinski definition) is 0. The monoisotopic (exact) mass is 204 g/mol. The molecule has 0 aliphatic heterocycles. The molecule has 0 heterocycles. The first-order valence-electron chi connectivity index (χ1n) is 3.98. The second-order valence-corrected chi connectivity index (χ2v) is 7.88. The Labute approximate surface area is 76.4 Å². The fourth-order valence-corrected chi connectivity index (χ4v) is 2.37. The van der Waals surface area contributed by atoms with E-state index in [1.54, 1.807) is 30.3 Å². The summed E-state index contributed by atoms with van der Waals surface area (Å²) in [5, 5.41) is 0.433. The fourth-order valence-electron chi connectivity index (χ4n) is 1.02. The lowest BCUT2D eigenvalue weighted by Crippen LogP contribution is -2.55. The van der Waals surface area contributed by atoms with Crippen molar-refractivity contribution in [1.29, 1.82) is 0 Å². The quantitative estimate of drug-likeness (QED) is 0.617. The number of rotatable bonds is 1. The van der Waals surface area contributed by atoms with Crippen LogP contribution in [0.2, 0.25) is 13.1 Å². The Morgan fingerprint density at radius 1 is 1.00 bits per heavy atom. The van der Waals surface area contributed by atoms with Crippen LogP contribution in [0.1, 0.15) is 0 Å². The summed E-state index contributed by atoms with van der Waals surface area (Å²) in [6, 6.07) is 8.13. The molecule has 0 N–H and O–H groups in total. The van der Waals surface area contributed by atoms with E-state index in [4.69, 9.17) is 0 Å². The largest absolute Gasteiger partial charge is 0.365 e. The lowest BCUT2D eigenvalue weighted by molar-refractivity contribution is -0.0539. The predicted molar refractivity (Wildman–Crippen MR) is 49.6 cm³/mol. The molecule has 13 heavy (non-hydrogen) atoms. The Hall–Kier alpha value is -0.773. The molecule has 0 nitrogen and oxygen atoms in total. The van der Waals surface area contributed by atoms with Crippen LogP contribution in [0, 0.1) is 0 Å². The normalized spacial score (nSPS) is 13.0. The van der Waals surface area contributed by atoms with E-state index in [1.807, 2.05) is 0 Å². The molecule has 0 amide bonds. The van der Waals surface area contributed by atoms with Crippen molar-refractivity contribution in [2.24, 2.45) is 0 Å². The van der Waals surface area contributed by atoms with Crippen LogP contribution in [-0.4, -0.2) is 13.9 Å². The molecular formula is C9H11F3Si. The number of alkyl halides is 3. The van der Waals surface area contributed by atoms with Gasteiger partial charge in [-0.1, -0.05) is 43.4 Å². The van der Waals surface area contributed by atoms with Gasteiger partial charge in [-0.2, -0.15) is 13.2 Å². The van der Waals surface area contributed by atoms with Crippen molar-refractivity contribution in [3.8, 4) is 0 Å². The van der Waals surface area contributed by atoms with Crippen molar-refractivity contribution in [2.75, 3.05) is 0 Å². The van der Waals surface area contributed by atoms with Gasteiger partial charge in [0.2, 0.25) is 8.07 Å². The van der Waals surface area contributed by atoms with Gasteiger partial charge in [0.15, 0.2) is 0 Å². The van der Waals surface area contributed by atoms with E-state index < -0.39 is 13.9 Å². The molecule has 1 aromatic carbocycles. The van der Waals surface area contributed by atoms with Crippen LogP contribution in [0.3, 0.4) is 0 Å². The van der Waals surface area contributed by atoms with Crippen LogP contribution >= 0.6 is 0 Å². The van der Waals surface area contributed by atoms with Gasteiger partial charge in [0.1, 0.15) is 0 Å². The Bertz CT molecular complexity index is 277. The second-order valence-electron chi connectivity index (χ2n) is 3.49. The maximum atomic E-state index is 12.6. The molecule has 0 saturated heterocycles. The molecule has 0 saturated carbocycles. The minimum Gasteiger partial charge on any atom is -0.176 e. The maximum absolute atomic E-state index is 12.6. The average molecular weight is 204 g/mol. The van der Waals surface area contributed by atoms with Crippen molar-refractivity contribution in [2.45, 2.75) is 18.9 Å². The van der Waals surface area contributed by atoms with E-state index in [9.17, 15) is 13.2 Å². The van der Waals surface area contributed by atoms with Gasteiger partial charge in [0, 0.05) is 0 Å². The zero-order valence-electron chi connectivity index (χ0n) is 7.52. The van der Waals surface area contributed by atoms with Gasteiger partial charge in [0.25, 0.3) is 0 Å². The third-order valence-corrected chi connectivity index (χ3v) is 5.40. The molecule has 0 bridgehead atoms. The zero-order valence-corrected chi connectivity index (χ0v) is 8.52. The highest BCUT2D eigenvalue weighted by molar-refractivity contribution is 6.91. The van der Waals surface area contributed by atoms with Gasteiger partial charge in [-0.05, 0) is 5.19 Å². The predicted octanol–water partition coefficient (Wildman–Crippen LogP) is 2.70. The van der Waals surface area contributed by atoms with Gasteiger partial charge in [-0.15, -0.1) is 0 Å². The van der Waals surface area contributed by atoms with Crippen molar-refractivity contribution < 1.29 is 13.2 Å². The summed E-state index contributed by atoms with van der Waals surface area (Å²) in [6.45, 7) is 2.64. The molecule has 0 fully saturated rings. The average Bonchev–Trinajstić information content (AvgIpc) is 2.04. The maximum Gasteiger partial charge on any atom is 0.365 e. The zero-order chi connectivity index (χ0) is 10.1. The van der Waals surface area contributed by atoms with Crippen molar-refractivity contribution >= 4 is 13.3 Å². The van der Waals surface area contributed by atoms with E-state index >= 15 is 0 Å². The second kappa shape index (κ2) is 3.18. The molecule has 0 spiro atoms. The van der Waals surface area contributed by atoms with E-state index in [-0.39, 0.29) is 0 Å². The molecule has 0 atom stereocenters. The summed E-state index contributed by atoms with van der Waals surface area (Å²) in [5.41, 5.74) is 0. The van der Waals surface area contributed by atoms with Crippen LogP contribution in [-0.2, 0) is 0 Å². The molecule has 72 valence electrons. The summed E-state index contributed by atoms with van der Waals surface area (Å²) >= 11 is 0. The Kier molecular flexibility index (Phi) is 2.52. The van der Waals surface area contributed by atoms with Crippen LogP contribution in [0.4, 0.5) is 13.2 Å². The van der Waals surface area contributed by atoms with Crippen LogP contribution in [0.25, 0.3) is 0 Å². The van der Waals surface area contributed by atoms with E-state index in [2.05, 4.69) is 0 Å². The SMILES string of the molecule is C[Si](C)(c1ccccc1)C(F)(F)F. The Morgan fingerprint density at radius 2 is 1.46 bits per heavy atom. The Morgan fingerprint density at radius 3 is 1.85 bits per heavy atom. The smallest absolute Gasteiger partial charge is 0.176 e. The summed E-state index contributed by atoms with van der Waals surface area (Å²) in [7, 11) is -3.28. The first kappa shape index (κ1) is 10.3. The highest BCUT2D eigenvalue weighted by atomic mass is 28.3. The van der Waals surface area contributed by atoms with Crippen LogP contribution in [0.5, 0.6) is 0 Å². The first-order valence-corrected chi connectivity index (χ1v) is 6.98. The molecule has 4 heteroatoms. The third kappa shape index (κ3) is 1.93. The number of halogens is 3. The van der Waals surface area contributed by atoms with Gasteiger partial charge in [0.05, 0.1) is 0 Å². The third-order valence-electron chi connectivity index (χ3n) is 2.20. The highest BCUT2D eigenvalue weighted by Crippen LogP contribution is 2.27. The lowest BCUT2D eigenvalue weighted by Gasteiger charge is -2.25. The highest BCUT2D eigenvalue weighted by Gasteiger charge is 2.50. The first-order chi connectivity index (χ1) is 5.86. The molecule has 1 rings (SSSR count). The minimum absolute atomic E-state index is 0.433. The van der Waals surface area contributed by atoms with Gasteiger partial charge in [-0.25, -0.2) is 0 Å². The summed E-state index contributed by atoms with van der Waals surface area (Å²) in [5.74, 6) is -4.06. The van der Waals surface area contributed by atoms with Crippen molar-refractivity contribution in [3.05, 3.63) is 30.3 Å². The molecule has 0 aliphatic rings. The fraction of sp³-hybridized carbons (Fsp3) is 0.333. The van der Waals surface area contributed by atoms with Crippen molar-refractivity contribution in [3.63, 3.8) is 0 Å². The Balaban J connectivity index is 3.08. The van der Waals surface area contributed by atoms with Gasteiger partial charge < -0.3 is 0 Å². The standard InChI is InChI=1S/C9H11F3Si/c1-13(2,9(10,11)12)8-6-4-3-5-7-8/h3-7H,1-2H3. The van der Waals surface area contributed by atoms with E-state index in [0.717, 1.165) is 0 Å².